The Labute approximate surface area is 287 Å². The predicted molar refractivity (Wildman–Crippen MR) is 180 cm³/mol. The minimum absolute atomic E-state index is 0.0184. The number of carbonyl (C=O) groups is 1. The zero-order valence-corrected chi connectivity index (χ0v) is 28.0. The van der Waals surface area contributed by atoms with Crippen molar-refractivity contribution < 1.29 is 22.7 Å². The number of fused-ring (bicyclic) bond motifs is 3. The molecule has 1 amide bonds. The van der Waals surface area contributed by atoms with Crippen LogP contribution in [0.3, 0.4) is 0 Å². The minimum atomic E-state index is -0.973. The molecule has 3 aromatic heterocycles. The maximum absolute atomic E-state index is 16.9. The summed E-state index contributed by atoms with van der Waals surface area (Å²) in [5.74, 6) is -1.17. The summed E-state index contributed by atoms with van der Waals surface area (Å²) in [6.45, 7) is 1.68. The lowest BCUT2D eigenvalue weighted by Crippen LogP contribution is -2.43. The van der Waals surface area contributed by atoms with Crippen LogP contribution in [0.4, 0.5) is 28.8 Å². The van der Waals surface area contributed by atoms with Crippen LogP contribution in [0.1, 0.15) is 24.8 Å². The third-order valence-electron chi connectivity index (χ3n) is 9.35. The van der Waals surface area contributed by atoms with Crippen LogP contribution < -0.4 is 15.4 Å². The molecule has 2 aliphatic heterocycles. The van der Waals surface area contributed by atoms with Gasteiger partial charge in [-0.15, -0.1) is 11.3 Å². The Morgan fingerprint density at radius 1 is 1.29 bits per heavy atom. The molecule has 2 N–H and O–H groups in total. The van der Waals surface area contributed by atoms with Crippen LogP contribution in [0, 0.1) is 23.0 Å². The number of nitrogens with zero attached hydrogens (tertiary/aromatic N) is 9. The average molecular weight is 711 g/mol. The lowest BCUT2D eigenvalue weighted by atomic mass is 9.95. The van der Waals surface area contributed by atoms with Gasteiger partial charge < -0.3 is 20.3 Å². The first-order valence-corrected chi connectivity index (χ1v) is 16.6. The van der Waals surface area contributed by atoms with E-state index in [0.29, 0.717) is 13.0 Å². The number of thiophene rings is 1. The molecule has 12 nitrogen and oxygen atoms in total. The standard InChI is InChI=1S/C32H30ClF3N10O2S/c1-43(8-9-44(2)31(47)46-16-39-15-40-46)29-19-10-21(33)24(18-4-5-22(35)27-23(18)20(12-37)28(38)49-27)25(36)26(19)41-30(42-29)48-14-32-6-3-7-45(32)13-17(34)11-32/h4-5,10,15-17H,3,6-9,11,13-14,38H2,1-2H3/t17-,32+/m1/s1. The van der Waals surface area contributed by atoms with Crippen molar-refractivity contribution >= 4 is 60.8 Å². The zero-order chi connectivity index (χ0) is 34.6. The molecule has 0 radical (unpaired) electrons. The number of nitriles is 1. The second kappa shape index (κ2) is 12.6. The van der Waals surface area contributed by atoms with Crippen molar-refractivity contribution in [2.24, 2.45) is 0 Å². The first-order valence-electron chi connectivity index (χ1n) is 15.4. The Morgan fingerprint density at radius 2 is 2.10 bits per heavy atom. The summed E-state index contributed by atoms with van der Waals surface area (Å²) in [4.78, 5) is 30.9. The number of hydrogen-bond donors (Lipinski definition) is 1. The van der Waals surface area contributed by atoms with E-state index in [4.69, 9.17) is 22.1 Å². The number of halogens is 4. The Kier molecular flexibility index (Phi) is 8.45. The molecular weight excluding hydrogens is 681 g/mol. The molecular formula is C32H30ClF3N10O2S. The molecule has 5 heterocycles. The van der Waals surface area contributed by atoms with E-state index in [2.05, 4.69) is 25.0 Å². The van der Waals surface area contributed by atoms with Crippen molar-refractivity contribution in [1.29, 1.82) is 5.26 Å². The van der Waals surface area contributed by atoms with E-state index in [0.717, 1.165) is 35.4 Å². The summed E-state index contributed by atoms with van der Waals surface area (Å²) in [5, 5.41) is 14.2. The summed E-state index contributed by atoms with van der Waals surface area (Å²) < 4.78 is 53.6. The van der Waals surface area contributed by atoms with Crippen LogP contribution in [0.15, 0.2) is 30.9 Å². The lowest BCUT2D eigenvalue weighted by Gasteiger charge is -2.31. The normalized spacial score (nSPS) is 19.0. The van der Waals surface area contributed by atoms with Crippen molar-refractivity contribution in [3.8, 4) is 23.2 Å². The number of aromatic nitrogens is 5. The monoisotopic (exact) mass is 710 g/mol. The number of carbonyl (C=O) groups excluding carboxylic acids is 1. The molecule has 254 valence electrons. The molecule has 2 saturated heterocycles. The number of nitrogen functional groups attached to an aromatic ring is 1. The highest BCUT2D eigenvalue weighted by atomic mass is 35.5. The Balaban J connectivity index is 1.32. The molecule has 2 aliphatic rings. The Morgan fingerprint density at radius 3 is 2.86 bits per heavy atom. The maximum atomic E-state index is 16.9. The quantitative estimate of drug-likeness (QED) is 0.220. The smallest absolute Gasteiger partial charge is 0.345 e. The molecule has 2 atom stereocenters. The largest absolute Gasteiger partial charge is 0.461 e. The average Bonchev–Trinajstić information content (AvgIpc) is 3.87. The van der Waals surface area contributed by atoms with Crippen LogP contribution in [0.5, 0.6) is 6.01 Å². The van der Waals surface area contributed by atoms with Crippen molar-refractivity contribution in [3.05, 3.63) is 53.1 Å². The summed E-state index contributed by atoms with van der Waals surface area (Å²) >= 11 is 7.68. The Bertz CT molecular complexity index is 2140. The fourth-order valence-corrected chi connectivity index (χ4v) is 8.15. The molecule has 7 rings (SSSR count). The number of alkyl halides is 1. The summed E-state index contributed by atoms with van der Waals surface area (Å²) in [6.07, 6.45) is 3.56. The van der Waals surface area contributed by atoms with Crippen LogP contribution >= 0.6 is 22.9 Å². The van der Waals surface area contributed by atoms with Crippen LogP contribution in [-0.2, 0) is 0 Å². The van der Waals surface area contributed by atoms with Crippen molar-refractivity contribution in [2.45, 2.75) is 31.0 Å². The molecule has 0 bridgehead atoms. The first kappa shape index (κ1) is 32.8. The molecule has 0 unspecified atom stereocenters. The molecule has 0 aliphatic carbocycles. The molecule has 0 spiro atoms. The van der Waals surface area contributed by atoms with E-state index in [1.165, 1.54) is 35.8 Å². The van der Waals surface area contributed by atoms with Crippen LogP contribution in [-0.4, -0.2) is 99.2 Å². The Hall–Kier alpha value is -4.72. The third-order valence-corrected chi connectivity index (χ3v) is 10.7. The van der Waals surface area contributed by atoms with E-state index in [9.17, 15) is 18.8 Å². The molecule has 2 aromatic carbocycles. The zero-order valence-electron chi connectivity index (χ0n) is 26.5. The van der Waals surface area contributed by atoms with Crippen LogP contribution in [0.25, 0.3) is 32.1 Å². The van der Waals surface area contributed by atoms with Gasteiger partial charge in [0, 0.05) is 56.5 Å². The van der Waals surface area contributed by atoms with E-state index in [1.54, 1.807) is 19.0 Å². The number of nitrogens with two attached hydrogens (primary N) is 1. The van der Waals surface area contributed by atoms with Gasteiger partial charge in [-0.05, 0) is 37.1 Å². The number of hydrogen-bond acceptors (Lipinski definition) is 11. The molecule has 5 aromatic rings. The van der Waals surface area contributed by atoms with Gasteiger partial charge in [-0.3, -0.25) is 4.90 Å². The fraction of sp³-hybridized carbons (Fsp3) is 0.375. The number of benzene rings is 2. The highest BCUT2D eigenvalue weighted by Gasteiger charge is 2.49. The maximum Gasteiger partial charge on any atom is 0.345 e. The van der Waals surface area contributed by atoms with Gasteiger partial charge in [0.1, 0.15) is 53.7 Å². The van der Waals surface area contributed by atoms with Gasteiger partial charge in [-0.1, -0.05) is 17.7 Å². The van der Waals surface area contributed by atoms with Gasteiger partial charge in [-0.25, -0.2) is 22.9 Å². The van der Waals surface area contributed by atoms with Crippen molar-refractivity contribution in [1.82, 2.24) is 34.5 Å². The van der Waals surface area contributed by atoms with E-state index < -0.39 is 29.4 Å². The second-order valence-corrected chi connectivity index (χ2v) is 13.8. The summed E-state index contributed by atoms with van der Waals surface area (Å²) in [6, 6.07) is 5.51. The van der Waals surface area contributed by atoms with Gasteiger partial charge in [0.2, 0.25) is 0 Å². The summed E-state index contributed by atoms with van der Waals surface area (Å²) in [5.41, 5.74) is 5.50. The number of ether oxygens (including phenoxy) is 1. The van der Waals surface area contributed by atoms with Crippen molar-refractivity contribution in [3.63, 3.8) is 0 Å². The van der Waals surface area contributed by atoms with Gasteiger partial charge >= 0.3 is 12.0 Å². The number of anilines is 2. The summed E-state index contributed by atoms with van der Waals surface area (Å²) in [7, 11) is 3.33. The second-order valence-electron chi connectivity index (χ2n) is 12.4. The SMILES string of the molecule is CN(CCN(C)c1nc(OC[C@@]23CCCN2C[C@H](F)C3)nc2c(F)c(-c3ccc(F)c4sc(N)c(C#N)c34)c(Cl)cc12)C(=O)n1cncn1. The first-order chi connectivity index (χ1) is 23.5. The molecule has 49 heavy (non-hydrogen) atoms. The minimum Gasteiger partial charge on any atom is -0.461 e. The highest BCUT2D eigenvalue weighted by molar-refractivity contribution is 7.23. The number of amides is 1. The van der Waals surface area contributed by atoms with Gasteiger partial charge in [0.05, 0.1) is 20.8 Å². The van der Waals surface area contributed by atoms with E-state index in [-0.39, 0.29) is 79.2 Å². The van der Waals surface area contributed by atoms with E-state index >= 15 is 4.39 Å². The van der Waals surface area contributed by atoms with Gasteiger partial charge in [-0.2, -0.15) is 25.0 Å². The van der Waals surface area contributed by atoms with Crippen molar-refractivity contribution in [2.75, 3.05) is 57.5 Å². The molecule has 2 fully saturated rings. The topological polar surface area (TPSA) is 142 Å². The predicted octanol–water partition coefficient (Wildman–Crippen LogP) is 5.48. The van der Waals surface area contributed by atoms with Crippen LogP contribution in [0.2, 0.25) is 5.02 Å². The lowest BCUT2D eigenvalue weighted by molar-refractivity contribution is 0.107. The van der Waals surface area contributed by atoms with E-state index in [1.807, 2.05) is 6.07 Å². The number of likely N-dealkylation sites (N-methyl/N-ethyl adjacent to an activating group) is 2. The van der Waals surface area contributed by atoms with Gasteiger partial charge in [0.15, 0.2) is 5.82 Å². The number of rotatable bonds is 8. The highest BCUT2D eigenvalue weighted by Crippen LogP contribution is 2.46. The third kappa shape index (κ3) is 5.65. The fourth-order valence-electron chi connectivity index (χ4n) is 6.90. The van der Waals surface area contributed by atoms with Gasteiger partial charge in [0.25, 0.3) is 0 Å². The molecule has 0 saturated carbocycles. The molecule has 17 heteroatoms.